The summed E-state index contributed by atoms with van der Waals surface area (Å²) in [6.07, 6.45) is 0.810. The van der Waals surface area contributed by atoms with Crippen LogP contribution in [0.5, 0.6) is 5.75 Å². The molecule has 0 aliphatic carbocycles. The van der Waals surface area contributed by atoms with Gasteiger partial charge in [0.05, 0.1) is 13.2 Å². The smallest absolute Gasteiger partial charge is 0.119 e. The van der Waals surface area contributed by atoms with Gasteiger partial charge in [0, 0.05) is 10.3 Å². The Hall–Kier alpha value is -1.32. The van der Waals surface area contributed by atoms with Crippen LogP contribution >= 0.6 is 11.3 Å². The minimum Gasteiger partial charge on any atom is -0.494 e. The Morgan fingerprint density at radius 2 is 2.11 bits per heavy atom. The molecule has 1 unspecified atom stereocenters. The fraction of sp³-hybridized carbons (Fsp3) is 0.375. The summed E-state index contributed by atoms with van der Waals surface area (Å²) in [6, 6.07) is 12.2. The molecule has 1 atom stereocenters. The van der Waals surface area contributed by atoms with Gasteiger partial charge in [0.2, 0.25) is 0 Å². The second kappa shape index (κ2) is 6.22. The summed E-state index contributed by atoms with van der Waals surface area (Å²) in [5.74, 6) is 0.895. The number of hydrogen-bond donors (Lipinski definition) is 1. The first-order valence-corrected chi connectivity index (χ1v) is 7.42. The molecule has 0 saturated carbocycles. The highest BCUT2D eigenvalue weighted by Crippen LogP contribution is 2.32. The van der Waals surface area contributed by atoms with Crippen LogP contribution in [0.1, 0.15) is 24.3 Å². The summed E-state index contributed by atoms with van der Waals surface area (Å²) in [5.41, 5.74) is 0.967. The third-order valence-electron chi connectivity index (χ3n) is 3.27. The number of rotatable bonds is 6. The van der Waals surface area contributed by atoms with Crippen molar-refractivity contribution in [2.45, 2.75) is 25.7 Å². The Bertz CT molecular complexity index is 507. The van der Waals surface area contributed by atoms with E-state index in [1.54, 1.807) is 11.3 Å². The first-order valence-electron chi connectivity index (χ1n) is 6.54. The molecule has 3 heteroatoms. The molecule has 19 heavy (non-hydrogen) atoms. The first-order chi connectivity index (χ1) is 9.18. The van der Waals surface area contributed by atoms with Gasteiger partial charge in [-0.2, -0.15) is 0 Å². The van der Waals surface area contributed by atoms with Gasteiger partial charge in [-0.25, -0.2) is 0 Å². The Labute approximate surface area is 118 Å². The van der Waals surface area contributed by atoms with Gasteiger partial charge in [0.1, 0.15) is 5.75 Å². The molecule has 2 nitrogen and oxygen atoms in total. The second-order valence-electron chi connectivity index (χ2n) is 4.95. The monoisotopic (exact) mass is 276 g/mol. The Morgan fingerprint density at radius 1 is 1.26 bits per heavy atom. The lowest BCUT2D eigenvalue weighted by atomic mass is 9.83. The Balaban J connectivity index is 2.21. The molecular weight excluding hydrogens is 256 g/mol. The molecule has 1 N–H and O–H groups in total. The SMILES string of the molecule is CCOc1cccc(CC(C)(CO)c2cccs2)c1. The third kappa shape index (κ3) is 3.37. The molecule has 0 amide bonds. The second-order valence-corrected chi connectivity index (χ2v) is 5.90. The summed E-state index contributed by atoms with van der Waals surface area (Å²) >= 11 is 1.70. The molecule has 0 radical (unpaired) electrons. The predicted octanol–water partition coefficient (Wildman–Crippen LogP) is 3.64. The van der Waals surface area contributed by atoms with E-state index in [-0.39, 0.29) is 12.0 Å². The lowest BCUT2D eigenvalue weighted by molar-refractivity contribution is 0.207. The van der Waals surface area contributed by atoms with E-state index in [1.807, 2.05) is 25.1 Å². The molecule has 102 valence electrons. The molecule has 0 aliphatic heterocycles. The van der Waals surface area contributed by atoms with Gasteiger partial charge in [0.25, 0.3) is 0 Å². The van der Waals surface area contributed by atoms with Gasteiger partial charge in [-0.3, -0.25) is 0 Å². The van der Waals surface area contributed by atoms with E-state index in [9.17, 15) is 5.11 Å². The van der Waals surface area contributed by atoms with Crippen LogP contribution < -0.4 is 4.74 Å². The molecule has 2 rings (SSSR count). The van der Waals surface area contributed by atoms with Crippen molar-refractivity contribution in [2.24, 2.45) is 0 Å². The van der Waals surface area contributed by atoms with E-state index in [4.69, 9.17) is 4.74 Å². The molecule has 1 aromatic heterocycles. The van der Waals surface area contributed by atoms with E-state index >= 15 is 0 Å². The summed E-state index contributed by atoms with van der Waals surface area (Å²) < 4.78 is 5.53. The van der Waals surface area contributed by atoms with Gasteiger partial charge in [-0.15, -0.1) is 11.3 Å². The van der Waals surface area contributed by atoms with E-state index < -0.39 is 0 Å². The van der Waals surface area contributed by atoms with Crippen LogP contribution in [0.15, 0.2) is 41.8 Å². The minimum atomic E-state index is -0.223. The van der Waals surface area contributed by atoms with E-state index in [0.717, 1.165) is 12.2 Å². The van der Waals surface area contributed by atoms with Gasteiger partial charge in [-0.1, -0.05) is 25.1 Å². The first kappa shape index (κ1) is 14.1. The van der Waals surface area contributed by atoms with Crippen LogP contribution in [-0.2, 0) is 11.8 Å². The highest BCUT2D eigenvalue weighted by molar-refractivity contribution is 7.10. The molecule has 0 spiro atoms. The maximum absolute atomic E-state index is 9.77. The highest BCUT2D eigenvalue weighted by atomic mass is 32.1. The maximum Gasteiger partial charge on any atom is 0.119 e. The van der Waals surface area contributed by atoms with E-state index in [2.05, 4.69) is 30.5 Å². The third-order valence-corrected chi connectivity index (χ3v) is 4.44. The molecule has 0 aliphatic rings. The lowest BCUT2D eigenvalue weighted by Crippen LogP contribution is -2.28. The topological polar surface area (TPSA) is 29.5 Å². The summed E-state index contributed by atoms with van der Waals surface area (Å²) in [5, 5.41) is 11.8. The quantitative estimate of drug-likeness (QED) is 0.873. The van der Waals surface area contributed by atoms with E-state index in [0.29, 0.717) is 6.61 Å². The maximum atomic E-state index is 9.77. The average molecular weight is 276 g/mol. The molecule has 2 aromatic rings. The van der Waals surface area contributed by atoms with Crippen molar-refractivity contribution in [1.82, 2.24) is 0 Å². The highest BCUT2D eigenvalue weighted by Gasteiger charge is 2.27. The Morgan fingerprint density at radius 3 is 2.74 bits per heavy atom. The molecule has 0 saturated heterocycles. The van der Waals surface area contributed by atoms with Crippen molar-refractivity contribution in [2.75, 3.05) is 13.2 Å². The van der Waals surface area contributed by atoms with Crippen molar-refractivity contribution >= 4 is 11.3 Å². The average Bonchev–Trinajstić information content (AvgIpc) is 2.94. The zero-order chi connectivity index (χ0) is 13.7. The van der Waals surface area contributed by atoms with Gasteiger partial charge < -0.3 is 9.84 Å². The van der Waals surface area contributed by atoms with Crippen LogP contribution in [0.4, 0.5) is 0 Å². The van der Waals surface area contributed by atoms with E-state index in [1.165, 1.54) is 10.4 Å². The number of ether oxygens (including phenoxy) is 1. The Kier molecular flexibility index (Phi) is 4.61. The van der Waals surface area contributed by atoms with Crippen molar-refractivity contribution < 1.29 is 9.84 Å². The zero-order valence-electron chi connectivity index (χ0n) is 11.4. The molecule has 0 fully saturated rings. The van der Waals surface area contributed by atoms with Crippen molar-refractivity contribution in [1.29, 1.82) is 0 Å². The number of hydrogen-bond acceptors (Lipinski definition) is 3. The van der Waals surface area contributed by atoms with Gasteiger partial charge in [0.15, 0.2) is 0 Å². The summed E-state index contributed by atoms with van der Waals surface area (Å²) in [6.45, 7) is 4.90. The minimum absolute atomic E-state index is 0.145. The number of benzene rings is 1. The molecular formula is C16H20O2S. The van der Waals surface area contributed by atoms with Gasteiger partial charge >= 0.3 is 0 Å². The number of aliphatic hydroxyl groups excluding tert-OH is 1. The zero-order valence-corrected chi connectivity index (χ0v) is 12.2. The van der Waals surface area contributed by atoms with Crippen LogP contribution in [0.2, 0.25) is 0 Å². The molecule has 1 aromatic carbocycles. The van der Waals surface area contributed by atoms with Crippen molar-refractivity contribution in [3.8, 4) is 5.75 Å². The standard InChI is InChI=1S/C16H20O2S/c1-3-18-14-7-4-6-13(10-14)11-16(2,12-17)15-8-5-9-19-15/h4-10,17H,3,11-12H2,1-2H3. The van der Waals surface area contributed by atoms with Crippen molar-refractivity contribution in [3.63, 3.8) is 0 Å². The molecule has 0 bridgehead atoms. The number of thiophene rings is 1. The lowest BCUT2D eigenvalue weighted by Gasteiger charge is -2.26. The van der Waals surface area contributed by atoms with Crippen LogP contribution in [0.25, 0.3) is 0 Å². The van der Waals surface area contributed by atoms with Gasteiger partial charge in [-0.05, 0) is 42.5 Å². The molecule has 1 heterocycles. The normalized spacial score (nSPS) is 14.1. The summed E-state index contributed by atoms with van der Waals surface area (Å²) in [4.78, 5) is 1.22. The summed E-state index contributed by atoms with van der Waals surface area (Å²) in [7, 11) is 0. The van der Waals surface area contributed by atoms with Crippen LogP contribution in [0, 0.1) is 0 Å². The largest absolute Gasteiger partial charge is 0.494 e. The van der Waals surface area contributed by atoms with Crippen LogP contribution in [-0.4, -0.2) is 18.3 Å². The van der Waals surface area contributed by atoms with Crippen molar-refractivity contribution in [3.05, 3.63) is 52.2 Å². The predicted molar refractivity (Wildman–Crippen MR) is 80.1 cm³/mol. The fourth-order valence-corrected chi connectivity index (χ4v) is 3.09. The van der Waals surface area contributed by atoms with Crippen LogP contribution in [0.3, 0.4) is 0 Å². The fourth-order valence-electron chi connectivity index (χ4n) is 2.21. The number of aliphatic hydroxyl groups is 1.